The normalized spacial score (nSPS) is 38.4. The van der Waals surface area contributed by atoms with Gasteiger partial charge in [-0.15, -0.1) is 0 Å². The first kappa shape index (κ1) is 17.7. The summed E-state index contributed by atoms with van der Waals surface area (Å²) >= 11 is 0. The fourth-order valence-electron chi connectivity index (χ4n) is 6.19. The van der Waals surface area contributed by atoms with E-state index >= 15 is 0 Å². The zero-order chi connectivity index (χ0) is 18.8. The molecule has 4 atom stereocenters. The molecule has 0 radical (unpaired) electrons. The highest BCUT2D eigenvalue weighted by molar-refractivity contribution is 5.87. The lowest BCUT2D eigenvalue weighted by Gasteiger charge is -2.64. The molecule has 1 saturated heterocycles. The van der Waals surface area contributed by atoms with Crippen LogP contribution in [0.2, 0.25) is 0 Å². The minimum atomic E-state index is -0.929. The van der Waals surface area contributed by atoms with Gasteiger partial charge in [-0.1, -0.05) is 13.0 Å². The number of aliphatic hydroxyl groups is 1. The molecule has 0 aromatic heterocycles. The number of carbonyl (C=O) groups excluding carboxylic acids is 1. The Morgan fingerprint density at radius 2 is 2.15 bits per heavy atom. The van der Waals surface area contributed by atoms with Crippen molar-refractivity contribution >= 4 is 5.78 Å². The van der Waals surface area contributed by atoms with E-state index in [0.29, 0.717) is 12.8 Å². The second-order valence-corrected chi connectivity index (χ2v) is 9.21. The highest BCUT2D eigenvalue weighted by atomic mass is 16.3. The summed E-state index contributed by atoms with van der Waals surface area (Å²) in [6, 6.07) is 5.34. The Bertz CT molecular complexity index is 777. The van der Waals surface area contributed by atoms with Gasteiger partial charge in [0, 0.05) is 30.8 Å². The Morgan fingerprint density at radius 1 is 1.33 bits per heavy atom. The maximum Gasteiger partial charge on any atom is 0.150 e. The number of aromatic hydroxyl groups is 1. The first-order chi connectivity index (χ1) is 13.0. The van der Waals surface area contributed by atoms with E-state index in [1.54, 1.807) is 6.07 Å². The van der Waals surface area contributed by atoms with E-state index in [1.165, 1.54) is 18.4 Å². The molecule has 0 amide bonds. The molecule has 0 spiro atoms. The molecule has 3 fully saturated rings. The maximum atomic E-state index is 13.0. The lowest BCUT2D eigenvalue weighted by molar-refractivity contribution is -0.177. The number of rotatable bonds is 4. The summed E-state index contributed by atoms with van der Waals surface area (Å²) in [5.74, 6) is 1.20. The predicted molar refractivity (Wildman–Crippen MR) is 103 cm³/mol. The third-order valence-corrected chi connectivity index (χ3v) is 7.69. The number of phenols is 1. The van der Waals surface area contributed by atoms with Crippen LogP contribution in [0.4, 0.5) is 0 Å². The fourth-order valence-corrected chi connectivity index (χ4v) is 6.19. The molecule has 5 nitrogen and oxygen atoms in total. The first-order valence-electron chi connectivity index (χ1n) is 10.5. The van der Waals surface area contributed by atoms with Crippen molar-refractivity contribution in [3.8, 4) is 5.75 Å². The van der Waals surface area contributed by atoms with E-state index in [9.17, 15) is 15.0 Å². The van der Waals surface area contributed by atoms with E-state index < -0.39 is 11.0 Å². The van der Waals surface area contributed by atoms with Crippen molar-refractivity contribution < 1.29 is 15.0 Å². The average molecular weight is 370 g/mol. The molecule has 4 aliphatic rings. The highest BCUT2D eigenvalue weighted by Crippen LogP contribution is 2.58. The molecule has 1 aliphatic heterocycles. The predicted octanol–water partition coefficient (Wildman–Crippen LogP) is 1.74. The second-order valence-electron chi connectivity index (χ2n) is 9.21. The topological polar surface area (TPSA) is 72.8 Å². The first-order valence-corrected chi connectivity index (χ1v) is 10.5. The van der Waals surface area contributed by atoms with Crippen molar-refractivity contribution in [2.24, 2.45) is 5.92 Å². The van der Waals surface area contributed by atoms with Crippen molar-refractivity contribution in [3.63, 3.8) is 0 Å². The molecular weight excluding hydrogens is 340 g/mol. The number of hydrogen-bond acceptors (Lipinski definition) is 5. The summed E-state index contributed by atoms with van der Waals surface area (Å²) in [7, 11) is 0. The van der Waals surface area contributed by atoms with Crippen molar-refractivity contribution in [1.82, 2.24) is 10.2 Å². The Hall–Kier alpha value is -1.43. The van der Waals surface area contributed by atoms with Crippen LogP contribution in [0.1, 0.15) is 50.2 Å². The van der Waals surface area contributed by atoms with E-state index in [2.05, 4.69) is 10.2 Å². The summed E-state index contributed by atoms with van der Waals surface area (Å²) in [5.41, 5.74) is 0.711. The van der Waals surface area contributed by atoms with Gasteiger partial charge in [0.25, 0.3) is 0 Å². The quantitative estimate of drug-likeness (QED) is 0.753. The third-order valence-electron chi connectivity index (χ3n) is 7.69. The lowest BCUT2D eigenvalue weighted by atomic mass is 9.48. The van der Waals surface area contributed by atoms with Crippen LogP contribution in [0.3, 0.4) is 0 Å². The summed E-state index contributed by atoms with van der Waals surface area (Å²) in [6.07, 6.45) is 5.03. The van der Waals surface area contributed by atoms with E-state index in [-0.39, 0.29) is 23.6 Å². The van der Waals surface area contributed by atoms with Gasteiger partial charge in [0.05, 0.1) is 11.6 Å². The zero-order valence-electron chi connectivity index (χ0n) is 16.1. The molecule has 146 valence electrons. The SMILES string of the molecule is CCN[C@H]1C[C@@]2(O)[C@H]3Cc4ccc(O)cc4[C@@]2(CCN3CC2CC2)CC1=O. The Balaban J connectivity index is 1.62. The molecule has 1 aromatic carbocycles. The number of nitrogens with zero attached hydrogens (tertiary/aromatic N) is 1. The van der Waals surface area contributed by atoms with Gasteiger partial charge in [-0.05, 0) is 68.0 Å². The Morgan fingerprint density at radius 3 is 2.89 bits per heavy atom. The number of Topliss-reactive ketones (excluding diaryl/α,β-unsaturated/α-hetero) is 1. The maximum absolute atomic E-state index is 13.0. The average Bonchev–Trinajstić information content (AvgIpc) is 3.44. The number of fused-ring (bicyclic) bond motifs is 1. The van der Waals surface area contributed by atoms with Crippen LogP contribution >= 0.6 is 0 Å². The molecule has 2 bridgehead atoms. The molecule has 1 aromatic rings. The van der Waals surface area contributed by atoms with Gasteiger partial charge < -0.3 is 15.5 Å². The number of piperidine rings is 1. The van der Waals surface area contributed by atoms with Crippen molar-refractivity contribution in [3.05, 3.63) is 29.3 Å². The fraction of sp³-hybridized carbons (Fsp3) is 0.682. The van der Waals surface area contributed by atoms with Crippen LogP contribution in [0.25, 0.3) is 0 Å². The van der Waals surface area contributed by atoms with Gasteiger partial charge in [-0.3, -0.25) is 9.69 Å². The number of likely N-dealkylation sites (N-methyl/N-ethyl adjacent to an activating group) is 1. The minimum Gasteiger partial charge on any atom is -0.508 e. The van der Waals surface area contributed by atoms with Crippen LogP contribution in [0.5, 0.6) is 5.75 Å². The van der Waals surface area contributed by atoms with Crippen molar-refractivity contribution in [1.29, 1.82) is 0 Å². The van der Waals surface area contributed by atoms with Gasteiger partial charge in [0.2, 0.25) is 0 Å². The molecule has 27 heavy (non-hydrogen) atoms. The van der Waals surface area contributed by atoms with E-state index in [0.717, 1.165) is 44.0 Å². The van der Waals surface area contributed by atoms with Gasteiger partial charge >= 0.3 is 0 Å². The van der Waals surface area contributed by atoms with Crippen LogP contribution in [0.15, 0.2) is 18.2 Å². The smallest absolute Gasteiger partial charge is 0.150 e. The largest absolute Gasteiger partial charge is 0.508 e. The van der Waals surface area contributed by atoms with Crippen LogP contribution < -0.4 is 5.32 Å². The molecule has 5 heteroatoms. The van der Waals surface area contributed by atoms with E-state index in [4.69, 9.17) is 0 Å². The van der Waals surface area contributed by atoms with Crippen molar-refractivity contribution in [2.45, 2.75) is 68.5 Å². The number of ketones is 1. The van der Waals surface area contributed by atoms with Crippen molar-refractivity contribution in [2.75, 3.05) is 19.6 Å². The monoisotopic (exact) mass is 370 g/mol. The zero-order valence-corrected chi connectivity index (χ0v) is 16.1. The van der Waals surface area contributed by atoms with Crippen LogP contribution in [-0.2, 0) is 16.6 Å². The lowest BCUT2D eigenvalue weighted by Crippen LogP contribution is -2.75. The molecular formula is C22H30N2O3. The molecule has 2 saturated carbocycles. The van der Waals surface area contributed by atoms with Crippen LogP contribution in [-0.4, -0.2) is 58.2 Å². The molecule has 3 aliphatic carbocycles. The van der Waals surface area contributed by atoms with Gasteiger partial charge in [-0.25, -0.2) is 0 Å². The van der Waals surface area contributed by atoms with Gasteiger partial charge in [-0.2, -0.15) is 0 Å². The summed E-state index contributed by atoms with van der Waals surface area (Å²) < 4.78 is 0. The van der Waals surface area contributed by atoms with E-state index in [1.807, 2.05) is 19.1 Å². The van der Waals surface area contributed by atoms with Crippen LogP contribution in [0, 0.1) is 5.92 Å². The number of benzene rings is 1. The number of hydrogen-bond donors (Lipinski definition) is 3. The molecule has 5 rings (SSSR count). The number of nitrogens with one attached hydrogen (secondary N) is 1. The number of likely N-dealkylation sites (tertiary alicyclic amines) is 1. The Kier molecular flexibility index (Phi) is 3.94. The summed E-state index contributed by atoms with van der Waals surface area (Å²) in [5, 5.41) is 25.7. The van der Waals surface area contributed by atoms with Gasteiger partial charge in [0.15, 0.2) is 5.78 Å². The second kappa shape index (κ2) is 6.03. The third kappa shape index (κ3) is 2.51. The molecule has 3 N–H and O–H groups in total. The summed E-state index contributed by atoms with van der Waals surface area (Å²) in [6.45, 7) is 4.73. The molecule has 0 unspecified atom stereocenters. The number of phenolic OH excluding ortho intramolecular Hbond substituents is 1. The van der Waals surface area contributed by atoms with Gasteiger partial charge in [0.1, 0.15) is 5.75 Å². The Labute approximate surface area is 160 Å². The summed E-state index contributed by atoms with van der Waals surface area (Å²) in [4.78, 5) is 15.5. The standard InChI is InChI=1S/C22H30N2O3/c1-2-23-18-11-22(27)20-9-15-5-6-16(25)10-17(15)21(22,12-19(18)26)7-8-24(20)13-14-3-4-14/h5-6,10,14,18,20,23,25,27H,2-4,7-9,11-13H2,1H3/t18-,20+,21+,22+/m0/s1. The highest BCUT2D eigenvalue weighted by Gasteiger charge is 2.66. The molecule has 1 heterocycles. The minimum absolute atomic E-state index is 0.0538. The number of carbonyl (C=O) groups is 1.